The Kier molecular flexibility index (Phi) is 17.1. The highest BCUT2D eigenvalue weighted by Gasteiger charge is 2.28. The Hall–Kier alpha value is -1.35. The molecule has 1 atom stereocenters. The first-order valence-corrected chi connectivity index (χ1v) is 14.2. The van der Waals surface area contributed by atoms with Crippen molar-refractivity contribution in [2.24, 2.45) is 0 Å². The van der Waals surface area contributed by atoms with E-state index in [1.807, 2.05) is 0 Å². The van der Waals surface area contributed by atoms with Gasteiger partial charge in [0.05, 0.1) is 14.1 Å². The number of nitrogens with zero attached hydrogens (tertiary/aromatic N) is 1. The maximum Gasteiger partial charge on any atom is 0.224 e. The van der Waals surface area contributed by atoms with Crippen molar-refractivity contribution < 1.29 is 9.28 Å². The van der Waals surface area contributed by atoms with Crippen LogP contribution in [0, 0.1) is 0 Å². The quantitative estimate of drug-likeness (QED) is 0.112. The molecule has 3 heteroatoms. The van der Waals surface area contributed by atoms with Gasteiger partial charge in [-0.2, -0.15) is 0 Å². The maximum atomic E-state index is 12.5. The SMILES string of the molecule is CCCCCCCCCCCCCCCCCC(=O)NC(CC)[N+](C)(C)Cc1ccccc1. The van der Waals surface area contributed by atoms with Crippen LogP contribution in [-0.4, -0.2) is 30.7 Å². The van der Waals surface area contributed by atoms with Crippen molar-refractivity contribution >= 4 is 5.91 Å². The van der Waals surface area contributed by atoms with E-state index in [0.29, 0.717) is 6.42 Å². The van der Waals surface area contributed by atoms with E-state index in [9.17, 15) is 4.79 Å². The molecule has 0 aliphatic carbocycles. The number of carbonyl (C=O) groups excluding carboxylic acids is 1. The standard InChI is InChI=1S/C30H54N2O/c1-5-7-8-9-10-11-12-13-14-15-16-17-18-19-23-26-30(33)31-29(6-2)32(3,4)27-28-24-21-20-22-25-28/h20-22,24-25,29H,5-19,23,26-27H2,1-4H3/p+1. The third kappa shape index (κ3) is 15.2. The van der Waals surface area contributed by atoms with Gasteiger partial charge >= 0.3 is 0 Å². The Morgan fingerprint density at radius 1 is 0.727 bits per heavy atom. The fourth-order valence-corrected chi connectivity index (χ4v) is 4.85. The second kappa shape index (κ2) is 19.0. The predicted molar refractivity (Wildman–Crippen MR) is 144 cm³/mol. The summed E-state index contributed by atoms with van der Waals surface area (Å²) in [6.07, 6.45) is 22.1. The topological polar surface area (TPSA) is 29.1 Å². The number of nitrogens with one attached hydrogen (secondary N) is 1. The third-order valence-corrected chi connectivity index (χ3v) is 7.00. The Bertz CT molecular complexity index is 584. The highest BCUT2D eigenvalue weighted by Crippen LogP contribution is 2.16. The van der Waals surface area contributed by atoms with Gasteiger partial charge in [-0.3, -0.25) is 4.79 Å². The lowest BCUT2D eigenvalue weighted by molar-refractivity contribution is -0.930. The fraction of sp³-hybridized carbons (Fsp3) is 0.767. The minimum Gasteiger partial charge on any atom is -0.307 e. The molecule has 0 radical (unpaired) electrons. The van der Waals surface area contributed by atoms with Crippen LogP contribution in [0.1, 0.15) is 129 Å². The summed E-state index contributed by atoms with van der Waals surface area (Å²) >= 11 is 0. The van der Waals surface area contributed by atoms with Gasteiger partial charge in [0.15, 0.2) is 6.17 Å². The molecule has 0 aliphatic heterocycles. The Morgan fingerprint density at radius 2 is 1.18 bits per heavy atom. The van der Waals surface area contributed by atoms with E-state index in [1.165, 1.54) is 95.5 Å². The van der Waals surface area contributed by atoms with E-state index in [4.69, 9.17) is 0 Å². The van der Waals surface area contributed by atoms with Crippen LogP contribution in [0.25, 0.3) is 0 Å². The Morgan fingerprint density at radius 3 is 1.64 bits per heavy atom. The lowest BCUT2D eigenvalue weighted by Crippen LogP contribution is -2.56. The molecular weight excluding hydrogens is 404 g/mol. The molecule has 1 amide bonds. The molecule has 1 aromatic carbocycles. The first kappa shape index (κ1) is 29.7. The number of benzene rings is 1. The number of hydrogen-bond donors (Lipinski definition) is 1. The van der Waals surface area contributed by atoms with Crippen LogP contribution in [0.2, 0.25) is 0 Å². The highest BCUT2D eigenvalue weighted by atomic mass is 16.1. The average Bonchev–Trinajstić information content (AvgIpc) is 2.80. The van der Waals surface area contributed by atoms with Crippen molar-refractivity contribution in [2.75, 3.05) is 14.1 Å². The van der Waals surface area contributed by atoms with E-state index in [-0.39, 0.29) is 12.1 Å². The molecule has 1 unspecified atom stereocenters. The molecule has 0 aromatic heterocycles. The number of amides is 1. The van der Waals surface area contributed by atoms with Crippen molar-refractivity contribution in [2.45, 2.75) is 136 Å². The van der Waals surface area contributed by atoms with Gasteiger partial charge in [-0.15, -0.1) is 0 Å². The fourth-order valence-electron chi connectivity index (χ4n) is 4.85. The first-order valence-electron chi connectivity index (χ1n) is 14.2. The van der Waals surface area contributed by atoms with Gasteiger partial charge in [0, 0.05) is 18.4 Å². The summed E-state index contributed by atoms with van der Waals surface area (Å²) in [6, 6.07) is 10.6. The van der Waals surface area contributed by atoms with Gasteiger partial charge in [-0.05, 0) is 6.42 Å². The van der Waals surface area contributed by atoms with E-state index in [2.05, 4.69) is 63.6 Å². The molecule has 0 heterocycles. The largest absolute Gasteiger partial charge is 0.307 e. The average molecular weight is 460 g/mol. The Balaban J connectivity index is 2.02. The zero-order valence-corrected chi connectivity index (χ0v) is 22.5. The molecule has 190 valence electrons. The number of hydrogen-bond acceptors (Lipinski definition) is 1. The van der Waals surface area contributed by atoms with E-state index < -0.39 is 0 Å². The molecule has 0 spiro atoms. The van der Waals surface area contributed by atoms with Crippen molar-refractivity contribution in [3.05, 3.63) is 35.9 Å². The second-order valence-electron chi connectivity index (χ2n) is 10.6. The number of quaternary nitrogens is 1. The monoisotopic (exact) mass is 459 g/mol. The van der Waals surface area contributed by atoms with Gasteiger partial charge in [-0.25, -0.2) is 0 Å². The van der Waals surface area contributed by atoms with E-state index >= 15 is 0 Å². The molecule has 0 bridgehead atoms. The number of unbranched alkanes of at least 4 members (excludes halogenated alkanes) is 14. The summed E-state index contributed by atoms with van der Waals surface area (Å²) in [4.78, 5) is 12.5. The summed E-state index contributed by atoms with van der Waals surface area (Å²) in [7, 11) is 4.43. The first-order chi connectivity index (χ1) is 16.0. The zero-order valence-electron chi connectivity index (χ0n) is 22.5. The summed E-state index contributed by atoms with van der Waals surface area (Å²) in [6.45, 7) is 5.38. The Labute approximate surface area is 206 Å². The molecule has 3 nitrogen and oxygen atoms in total. The van der Waals surface area contributed by atoms with Crippen molar-refractivity contribution in [1.29, 1.82) is 0 Å². The van der Waals surface area contributed by atoms with Gasteiger partial charge in [0.2, 0.25) is 5.91 Å². The second-order valence-corrected chi connectivity index (χ2v) is 10.6. The third-order valence-electron chi connectivity index (χ3n) is 7.00. The minimum absolute atomic E-state index is 0.161. The highest BCUT2D eigenvalue weighted by molar-refractivity contribution is 5.75. The van der Waals surface area contributed by atoms with Gasteiger partial charge in [0.25, 0.3) is 0 Å². The summed E-state index contributed by atoms with van der Waals surface area (Å²) in [5.41, 5.74) is 1.32. The molecule has 0 saturated carbocycles. The zero-order chi connectivity index (χ0) is 24.2. The van der Waals surface area contributed by atoms with Crippen molar-refractivity contribution in [1.82, 2.24) is 5.32 Å². The predicted octanol–water partition coefficient (Wildman–Crippen LogP) is 8.38. The maximum absolute atomic E-state index is 12.5. The molecule has 0 aliphatic rings. The lowest BCUT2D eigenvalue weighted by Gasteiger charge is -2.38. The van der Waals surface area contributed by atoms with Crippen LogP contribution in [0.4, 0.5) is 0 Å². The number of carbonyl (C=O) groups is 1. The van der Waals surface area contributed by atoms with Crippen LogP contribution in [0.3, 0.4) is 0 Å². The van der Waals surface area contributed by atoms with Crippen LogP contribution in [0.15, 0.2) is 30.3 Å². The van der Waals surface area contributed by atoms with Crippen molar-refractivity contribution in [3.8, 4) is 0 Å². The molecule has 1 aromatic rings. The van der Waals surface area contributed by atoms with Crippen LogP contribution in [0.5, 0.6) is 0 Å². The summed E-state index contributed by atoms with van der Waals surface area (Å²) in [5, 5.41) is 3.31. The molecule has 0 fully saturated rings. The summed E-state index contributed by atoms with van der Waals surface area (Å²) in [5.74, 6) is 0.218. The van der Waals surface area contributed by atoms with Gasteiger partial charge < -0.3 is 9.80 Å². The molecule has 1 rings (SSSR count). The van der Waals surface area contributed by atoms with Crippen molar-refractivity contribution in [3.63, 3.8) is 0 Å². The van der Waals surface area contributed by atoms with Gasteiger partial charge in [0.1, 0.15) is 6.54 Å². The van der Waals surface area contributed by atoms with Crippen LogP contribution in [-0.2, 0) is 11.3 Å². The molecular formula is C30H55N2O+. The molecule has 0 saturated heterocycles. The molecule has 33 heavy (non-hydrogen) atoms. The van der Waals surface area contributed by atoms with E-state index in [1.54, 1.807) is 0 Å². The van der Waals surface area contributed by atoms with Crippen LogP contribution >= 0.6 is 0 Å². The number of rotatable bonds is 21. The minimum atomic E-state index is 0.161. The smallest absolute Gasteiger partial charge is 0.224 e. The lowest BCUT2D eigenvalue weighted by atomic mass is 10.0. The normalized spacial score (nSPS) is 12.6. The van der Waals surface area contributed by atoms with Crippen LogP contribution < -0.4 is 5.32 Å². The van der Waals surface area contributed by atoms with Gasteiger partial charge in [-0.1, -0.05) is 134 Å². The van der Waals surface area contributed by atoms with E-state index in [0.717, 1.165) is 23.9 Å². The molecule has 1 N–H and O–H groups in total. The summed E-state index contributed by atoms with van der Waals surface area (Å²) < 4.78 is 0.783.